The number of benzene rings is 1. The van der Waals surface area contributed by atoms with Crippen LogP contribution >= 0.6 is 0 Å². The summed E-state index contributed by atoms with van der Waals surface area (Å²) in [5, 5.41) is 9.55. The van der Waals surface area contributed by atoms with Crippen molar-refractivity contribution in [1.82, 2.24) is 29.2 Å². The molecule has 1 saturated heterocycles. The summed E-state index contributed by atoms with van der Waals surface area (Å²) in [4.78, 5) is 19.0. The number of piperidine rings is 1. The van der Waals surface area contributed by atoms with Crippen molar-refractivity contribution in [2.75, 3.05) is 13.1 Å². The fourth-order valence-corrected chi connectivity index (χ4v) is 7.07. The van der Waals surface area contributed by atoms with Gasteiger partial charge in [-0.15, -0.1) is 10.2 Å². The summed E-state index contributed by atoms with van der Waals surface area (Å²) < 4.78 is 31.8. The molecule has 1 aromatic carbocycles. The molecule has 2 saturated carbocycles. The number of hydrogen-bond donors (Lipinski definition) is 1. The van der Waals surface area contributed by atoms with Crippen LogP contribution in [-0.4, -0.2) is 54.6 Å². The molecule has 7 nitrogen and oxygen atoms in total. The van der Waals surface area contributed by atoms with Crippen LogP contribution in [0.3, 0.4) is 0 Å². The first-order valence-corrected chi connectivity index (χ1v) is 14.0. The largest absolute Gasteiger partial charge is 0.353 e. The highest BCUT2D eigenvalue weighted by molar-refractivity contribution is 5.84. The van der Waals surface area contributed by atoms with E-state index < -0.39 is 12.3 Å². The molecule has 0 spiro atoms. The fraction of sp³-hybridized carbons (Fsp3) is 0.500. The third kappa shape index (κ3) is 4.22. The summed E-state index contributed by atoms with van der Waals surface area (Å²) in [5.41, 5.74) is 4.18. The molecule has 39 heavy (non-hydrogen) atoms. The molecule has 9 heteroatoms. The Balaban J connectivity index is 1.29. The van der Waals surface area contributed by atoms with E-state index in [1.165, 1.54) is 0 Å². The van der Waals surface area contributed by atoms with Crippen LogP contribution in [0.15, 0.2) is 47.7 Å². The SMILES string of the molecule is CC1CC(c2cccc(-n3cc(C4CC4)c4cc(CN5C[C@H](F)C[C@H](F)C5)[nH]c4c3=O)c2)(c2nncn2C)C1. The van der Waals surface area contributed by atoms with Gasteiger partial charge in [0.05, 0.1) is 5.41 Å². The van der Waals surface area contributed by atoms with Crippen molar-refractivity contribution in [2.24, 2.45) is 13.0 Å². The van der Waals surface area contributed by atoms with Gasteiger partial charge in [-0.1, -0.05) is 19.1 Å². The smallest absolute Gasteiger partial charge is 0.279 e. The number of aryl methyl sites for hydroxylation is 1. The lowest BCUT2D eigenvalue weighted by Gasteiger charge is -2.46. The predicted molar refractivity (Wildman–Crippen MR) is 146 cm³/mol. The summed E-state index contributed by atoms with van der Waals surface area (Å²) in [6.07, 6.45) is 5.57. The normalized spacial score (nSPS) is 27.6. The van der Waals surface area contributed by atoms with E-state index in [-0.39, 0.29) is 30.5 Å². The van der Waals surface area contributed by atoms with Gasteiger partial charge in [-0.25, -0.2) is 8.78 Å². The van der Waals surface area contributed by atoms with Crippen LogP contribution in [-0.2, 0) is 19.0 Å². The number of H-pyrrole nitrogens is 1. The number of hydrogen-bond acceptors (Lipinski definition) is 4. The van der Waals surface area contributed by atoms with Crippen molar-refractivity contribution >= 4 is 10.9 Å². The number of halogens is 2. The average Bonchev–Trinajstić information content (AvgIpc) is 3.49. The number of nitrogens with zero attached hydrogens (tertiary/aromatic N) is 5. The van der Waals surface area contributed by atoms with Gasteiger partial charge in [0.15, 0.2) is 0 Å². The standard InChI is InChI=1S/C30H34F2N6O/c1-18-11-30(12-18,29-35-33-17-36(29)2)20-4-3-5-24(8-20)38-16-26(19-6-7-19)25-10-23(34-27(25)28(38)39)15-37-13-21(31)9-22(32)14-37/h3-5,8,10,16-19,21-22,34H,6-7,9,11-15H2,1-2H3/t18?,21-,22+,30?. The highest BCUT2D eigenvalue weighted by atomic mass is 19.1. The monoisotopic (exact) mass is 532 g/mol. The van der Waals surface area contributed by atoms with Crippen LogP contribution in [0.2, 0.25) is 0 Å². The van der Waals surface area contributed by atoms with E-state index in [4.69, 9.17) is 0 Å². The first-order chi connectivity index (χ1) is 18.8. The van der Waals surface area contributed by atoms with Gasteiger partial charge in [0.1, 0.15) is 30.0 Å². The minimum Gasteiger partial charge on any atom is -0.353 e. The van der Waals surface area contributed by atoms with Gasteiger partial charge in [0.2, 0.25) is 0 Å². The van der Waals surface area contributed by atoms with Gasteiger partial charge < -0.3 is 9.55 Å². The number of alkyl halides is 2. The molecule has 4 heterocycles. The summed E-state index contributed by atoms with van der Waals surface area (Å²) in [7, 11) is 1.98. The van der Waals surface area contributed by atoms with Gasteiger partial charge in [0, 0.05) is 56.1 Å². The molecule has 0 bridgehead atoms. The number of rotatable bonds is 6. The summed E-state index contributed by atoms with van der Waals surface area (Å²) in [6.45, 7) is 3.09. The van der Waals surface area contributed by atoms with E-state index in [0.717, 1.165) is 59.4 Å². The highest BCUT2D eigenvalue weighted by Crippen LogP contribution is 2.51. The number of nitrogens with one attached hydrogen (secondary N) is 1. The lowest BCUT2D eigenvalue weighted by atomic mass is 9.58. The van der Waals surface area contributed by atoms with Gasteiger partial charge >= 0.3 is 0 Å². The second-order valence-electron chi connectivity index (χ2n) is 12.2. The Hall–Kier alpha value is -3.33. The fourth-order valence-electron chi connectivity index (χ4n) is 7.07. The lowest BCUT2D eigenvalue weighted by Crippen LogP contribution is -2.43. The summed E-state index contributed by atoms with van der Waals surface area (Å²) in [6, 6.07) is 10.3. The number of aromatic nitrogens is 5. The van der Waals surface area contributed by atoms with Crippen LogP contribution in [0.25, 0.3) is 16.6 Å². The molecule has 204 valence electrons. The van der Waals surface area contributed by atoms with Crippen molar-refractivity contribution in [1.29, 1.82) is 0 Å². The molecule has 0 radical (unpaired) electrons. The minimum absolute atomic E-state index is 0.0321. The zero-order chi connectivity index (χ0) is 26.9. The molecular weight excluding hydrogens is 498 g/mol. The van der Waals surface area contributed by atoms with E-state index in [2.05, 4.69) is 34.2 Å². The molecule has 7 rings (SSSR count). The van der Waals surface area contributed by atoms with Crippen molar-refractivity contribution in [2.45, 2.75) is 69.2 Å². The first kappa shape index (κ1) is 24.7. The summed E-state index contributed by atoms with van der Waals surface area (Å²) >= 11 is 0. The molecule has 4 aromatic rings. The Bertz CT molecular complexity index is 1580. The zero-order valence-electron chi connectivity index (χ0n) is 22.4. The van der Waals surface area contributed by atoms with Gasteiger partial charge in [-0.2, -0.15) is 0 Å². The van der Waals surface area contributed by atoms with E-state index in [1.807, 2.05) is 36.0 Å². The van der Waals surface area contributed by atoms with E-state index in [9.17, 15) is 13.6 Å². The minimum atomic E-state index is -1.16. The Kier molecular flexibility index (Phi) is 5.77. The van der Waals surface area contributed by atoms with Crippen LogP contribution in [0.4, 0.5) is 8.78 Å². The van der Waals surface area contributed by atoms with Crippen LogP contribution in [0.1, 0.15) is 67.6 Å². The Labute approximate surface area is 225 Å². The maximum absolute atomic E-state index is 14.0. The highest BCUT2D eigenvalue weighted by Gasteiger charge is 2.48. The molecule has 2 atom stereocenters. The first-order valence-electron chi connectivity index (χ1n) is 14.0. The maximum Gasteiger partial charge on any atom is 0.279 e. The number of pyridine rings is 1. The Morgan fingerprint density at radius 2 is 1.90 bits per heavy atom. The quantitative estimate of drug-likeness (QED) is 0.383. The number of aromatic amines is 1. The second kappa shape index (κ2) is 9.11. The third-order valence-corrected chi connectivity index (χ3v) is 8.93. The third-order valence-electron chi connectivity index (χ3n) is 8.93. The van der Waals surface area contributed by atoms with Crippen molar-refractivity contribution < 1.29 is 8.78 Å². The molecule has 3 aliphatic rings. The summed E-state index contributed by atoms with van der Waals surface area (Å²) in [5.74, 6) is 1.96. The zero-order valence-corrected chi connectivity index (χ0v) is 22.4. The van der Waals surface area contributed by atoms with Gasteiger partial charge in [-0.3, -0.25) is 14.3 Å². The molecule has 0 amide bonds. The predicted octanol–water partition coefficient (Wildman–Crippen LogP) is 4.92. The molecule has 3 aromatic heterocycles. The molecule has 3 fully saturated rings. The molecular formula is C30H34F2N6O. The average molecular weight is 533 g/mol. The van der Waals surface area contributed by atoms with Crippen LogP contribution in [0.5, 0.6) is 0 Å². The Morgan fingerprint density at radius 1 is 1.13 bits per heavy atom. The van der Waals surface area contributed by atoms with Crippen LogP contribution < -0.4 is 5.56 Å². The molecule has 1 N–H and O–H groups in total. The van der Waals surface area contributed by atoms with Crippen molar-refractivity contribution in [3.63, 3.8) is 0 Å². The van der Waals surface area contributed by atoms with Crippen LogP contribution in [0, 0.1) is 5.92 Å². The van der Waals surface area contributed by atoms with E-state index in [0.29, 0.717) is 23.9 Å². The van der Waals surface area contributed by atoms with Crippen molar-refractivity contribution in [3.05, 3.63) is 75.9 Å². The molecule has 1 aliphatic heterocycles. The molecule has 2 aliphatic carbocycles. The van der Waals surface area contributed by atoms with E-state index >= 15 is 0 Å². The lowest BCUT2D eigenvalue weighted by molar-refractivity contribution is 0.0689. The van der Waals surface area contributed by atoms with Crippen molar-refractivity contribution in [3.8, 4) is 5.69 Å². The number of fused-ring (bicyclic) bond motifs is 1. The van der Waals surface area contributed by atoms with Gasteiger partial charge in [0.25, 0.3) is 5.56 Å². The number of likely N-dealkylation sites (tertiary alicyclic amines) is 1. The van der Waals surface area contributed by atoms with E-state index in [1.54, 1.807) is 15.8 Å². The topological polar surface area (TPSA) is 71.7 Å². The maximum atomic E-state index is 14.0. The van der Waals surface area contributed by atoms with Gasteiger partial charge in [-0.05, 0) is 66.8 Å². The molecule has 0 unspecified atom stereocenters. The second-order valence-corrected chi connectivity index (χ2v) is 12.2. The Morgan fingerprint density at radius 3 is 2.56 bits per heavy atom.